The van der Waals surface area contributed by atoms with Crippen LogP contribution >= 0.6 is 0 Å². The zero-order chi connectivity index (χ0) is 29.4. The van der Waals surface area contributed by atoms with Crippen LogP contribution in [0.15, 0.2) is 77.7 Å². The number of nitrogens with one attached hydrogen (secondary N) is 1. The summed E-state index contributed by atoms with van der Waals surface area (Å²) in [5.41, 5.74) is 1.86. The van der Waals surface area contributed by atoms with E-state index < -0.39 is 34.3 Å². The Bertz CT molecular complexity index is 1410. The lowest BCUT2D eigenvalue weighted by Gasteiger charge is -2.32. The number of sulfonamides is 1. The summed E-state index contributed by atoms with van der Waals surface area (Å²) in [7, 11) is -2.79. The average molecular weight is 570 g/mol. The summed E-state index contributed by atoms with van der Waals surface area (Å²) in [5, 5.41) is 2.86. The minimum Gasteiger partial charge on any atom is -0.497 e. The number of hydrogen-bond donors (Lipinski definition) is 1. The summed E-state index contributed by atoms with van der Waals surface area (Å²) < 4.78 is 47.4. The standard InChI is InChI=1S/C30H36FN3O5S/c1-21(2)18-32-30(36)23(4)33(19-24-9-7-6-8-22(24)3)29(35)20-34(26-12-10-25(31)11-13-26)40(37,38)28-16-14-27(39-5)15-17-28/h6-17,21,23H,18-20H2,1-5H3,(H,32,36). The molecular formula is C30H36FN3O5S. The van der Waals surface area contributed by atoms with Crippen molar-refractivity contribution >= 4 is 27.5 Å². The first-order valence-electron chi connectivity index (χ1n) is 13.0. The molecule has 0 spiro atoms. The zero-order valence-electron chi connectivity index (χ0n) is 23.4. The maximum atomic E-state index is 13.9. The number of carbonyl (C=O) groups excluding carboxylic acids is 2. The molecular weight excluding hydrogens is 533 g/mol. The summed E-state index contributed by atoms with van der Waals surface area (Å²) in [6.45, 7) is 7.38. The van der Waals surface area contributed by atoms with Crippen molar-refractivity contribution < 1.29 is 27.1 Å². The Morgan fingerprint density at radius 1 is 0.950 bits per heavy atom. The van der Waals surface area contributed by atoms with Gasteiger partial charge in [-0.3, -0.25) is 13.9 Å². The van der Waals surface area contributed by atoms with E-state index in [-0.39, 0.29) is 29.0 Å². The molecule has 0 bridgehead atoms. The van der Waals surface area contributed by atoms with Crippen LogP contribution < -0.4 is 14.4 Å². The number of rotatable bonds is 12. The number of ether oxygens (including phenoxy) is 1. The number of halogens is 1. The van der Waals surface area contributed by atoms with Crippen LogP contribution in [-0.2, 0) is 26.2 Å². The number of carbonyl (C=O) groups is 2. The molecule has 3 rings (SSSR count). The highest BCUT2D eigenvalue weighted by molar-refractivity contribution is 7.92. The number of methoxy groups -OCH3 is 1. The number of benzene rings is 3. The van der Waals surface area contributed by atoms with Gasteiger partial charge in [0.1, 0.15) is 24.2 Å². The summed E-state index contributed by atoms with van der Waals surface area (Å²) in [6, 6.07) is 17.2. The smallest absolute Gasteiger partial charge is 0.264 e. The van der Waals surface area contributed by atoms with Gasteiger partial charge in [-0.15, -0.1) is 0 Å². The maximum absolute atomic E-state index is 13.9. The molecule has 214 valence electrons. The zero-order valence-corrected chi connectivity index (χ0v) is 24.2. The van der Waals surface area contributed by atoms with Crippen molar-refractivity contribution in [3.8, 4) is 5.75 Å². The van der Waals surface area contributed by atoms with Crippen LogP contribution in [0.4, 0.5) is 10.1 Å². The molecule has 1 unspecified atom stereocenters. The first-order valence-corrected chi connectivity index (χ1v) is 14.4. The van der Waals surface area contributed by atoms with Gasteiger partial charge in [-0.25, -0.2) is 12.8 Å². The molecule has 0 saturated carbocycles. The number of anilines is 1. The third kappa shape index (κ3) is 7.59. The van der Waals surface area contributed by atoms with Crippen LogP contribution in [0.5, 0.6) is 5.75 Å². The Morgan fingerprint density at radius 3 is 2.15 bits per heavy atom. The molecule has 0 radical (unpaired) electrons. The molecule has 0 aliphatic rings. The highest BCUT2D eigenvalue weighted by atomic mass is 32.2. The first-order chi connectivity index (χ1) is 18.9. The van der Waals surface area contributed by atoms with Crippen LogP contribution in [0.1, 0.15) is 31.9 Å². The van der Waals surface area contributed by atoms with Crippen LogP contribution in [0, 0.1) is 18.7 Å². The van der Waals surface area contributed by atoms with Crippen molar-refractivity contribution in [2.45, 2.75) is 45.2 Å². The summed E-state index contributed by atoms with van der Waals surface area (Å²) in [6.07, 6.45) is 0. The van der Waals surface area contributed by atoms with Gasteiger partial charge in [0.25, 0.3) is 10.0 Å². The maximum Gasteiger partial charge on any atom is 0.264 e. The van der Waals surface area contributed by atoms with Gasteiger partial charge < -0.3 is 15.0 Å². The van der Waals surface area contributed by atoms with Crippen LogP contribution in [0.25, 0.3) is 0 Å². The first kappa shape index (κ1) is 30.6. The summed E-state index contributed by atoms with van der Waals surface area (Å²) >= 11 is 0. The predicted molar refractivity (Wildman–Crippen MR) is 153 cm³/mol. The van der Waals surface area contributed by atoms with E-state index in [1.54, 1.807) is 6.92 Å². The van der Waals surface area contributed by atoms with Gasteiger partial charge in [-0.1, -0.05) is 38.1 Å². The number of aryl methyl sites for hydroxylation is 1. The second-order valence-electron chi connectivity index (χ2n) is 9.93. The molecule has 0 aromatic heterocycles. The van der Waals surface area contributed by atoms with Crippen molar-refractivity contribution in [3.63, 3.8) is 0 Å². The quantitative estimate of drug-likeness (QED) is 0.346. The molecule has 0 aliphatic heterocycles. The molecule has 0 heterocycles. The lowest BCUT2D eigenvalue weighted by molar-refractivity contribution is -0.139. The molecule has 10 heteroatoms. The molecule has 3 aromatic carbocycles. The molecule has 40 heavy (non-hydrogen) atoms. The number of nitrogens with zero attached hydrogens (tertiary/aromatic N) is 2. The lowest BCUT2D eigenvalue weighted by atomic mass is 10.1. The van der Waals surface area contributed by atoms with E-state index >= 15 is 0 Å². The fourth-order valence-electron chi connectivity index (χ4n) is 4.02. The van der Waals surface area contributed by atoms with E-state index in [1.165, 1.54) is 48.4 Å². The van der Waals surface area contributed by atoms with Gasteiger partial charge in [0.15, 0.2) is 0 Å². The van der Waals surface area contributed by atoms with E-state index in [9.17, 15) is 22.4 Å². The predicted octanol–water partition coefficient (Wildman–Crippen LogP) is 4.53. The Hall–Kier alpha value is -3.92. The highest BCUT2D eigenvalue weighted by Gasteiger charge is 2.32. The van der Waals surface area contributed by atoms with Crippen LogP contribution in [0.2, 0.25) is 0 Å². The SMILES string of the molecule is COc1ccc(S(=O)(=O)N(CC(=O)N(Cc2ccccc2C)C(C)C(=O)NCC(C)C)c2ccc(F)cc2)cc1. The normalized spacial score (nSPS) is 12.1. The van der Waals surface area contributed by atoms with E-state index in [2.05, 4.69) is 5.32 Å². The molecule has 0 aliphatic carbocycles. The highest BCUT2D eigenvalue weighted by Crippen LogP contribution is 2.26. The number of hydrogen-bond acceptors (Lipinski definition) is 5. The van der Waals surface area contributed by atoms with E-state index in [0.717, 1.165) is 27.6 Å². The van der Waals surface area contributed by atoms with Gasteiger partial charge in [0, 0.05) is 13.1 Å². The molecule has 1 atom stereocenters. The van der Waals surface area contributed by atoms with Gasteiger partial charge in [-0.05, 0) is 79.4 Å². The molecule has 1 N–H and O–H groups in total. The van der Waals surface area contributed by atoms with Crippen molar-refractivity contribution in [2.75, 3.05) is 24.5 Å². The van der Waals surface area contributed by atoms with Gasteiger partial charge in [0.05, 0.1) is 17.7 Å². The van der Waals surface area contributed by atoms with Crippen molar-refractivity contribution in [3.05, 3.63) is 89.7 Å². The summed E-state index contributed by atoms with van der Waals surface area (Å²) in [5.74, 6) is -0.804. The number of amides is 2. The third-order valence-electron chi connectivity index (χ3n) is 6.49. The van der Waals surface area contributed by atoms with Crippen LogP contribution in [-0.4, -0.2) is 51.4 Å². The van der Waals surface area contributed by atoms with Crippen molar-refractivity contribution in [1.82, 2.24) is 10.2 Å². The Kier molecular flexibility index (Phi) is 10.3. The Balaban J connectivity index is 2.02. The van der Waals surface area contributed by atoms with E-state index in [0.29, 0.717) is 12.3 Å². The Morgan fingerprint density at radius 2 is 1.57 bits per heavy atom. The van der Waals surface area contributed by atoms with Crippen LogP contribution in [0.3, 0.4) is 0 Å². The fraction of sp³-hybridized carbons (Fsp3) is 0.333. The van der Waals surface area contributed by atoms with E-state index in [1.807, 2.05) is 45.0 Å². The molecule has 8 nitrogen and oxygen atoms in total. The molecule has 0 saturated heterocycles. The van der Waals surface area contributed by atoms with Gasteiger partial charge in [-0.2, -0.15) is 0 Å². The molecule has 2 amide bonds. The minimum atomic E-state index is -4.26. The van der Waals surface area contributed by atoms with E-state index in [4.69, 9.17) is 4.74 Å². The second-order valence-corrected chi connectivity index (χ2v) is 11.8. The lowest BCUT2D eigenvalue weighted by Crippen LogP contribution is -2.51. The Labute approximate surface area is 235 Å². The fourth-order valence-corrected chi connectivity index (χ4v) is 5.43. The van der Waals surface area contributed by atoms with Gasteiger partial charge in [0.2, 0.25) is 11.8 Å². The largest absolute Gasteiger partial charge is 0.497 e. The average Bonchev–Trinajstić information content (AvgIpc) is 2.94. The van der Waals surface area contributed by atoms with Gasteiger partial charge >= 0.3 is 0 Å². The second kappa shape index (κ2) is 13.4. The third-order valence-corrected chi connectivity index (χ3v) is 8.28. The summed E-state index contributed by atoms with van der Waals surface area (Å²) in [4.78, 5) is 28.3. The van der Waals surface area contributed by atoms with Crippen molar-refractivity contribution in [2.24, 2.45) is 5.92 Å². The topological polar surface area (TPSA) is 96.0 Å². The molecule has 0 fully saturated rings. The van der Waals surface area contributed by atoms with Crippen molar-refractivity contribution in [1.29, 1.82) is 0 Å². The monoisotopic (exact) mass is 569 g/mol. The minimum absolute atomic E-state index is 0.0707. The molecule has 3 aromatic rings.